The Labute approximate surface area is 158 Å². The first-order valence-electron chi connectivity index (χ1n) is 8.52. The van der Waals surface area contributed by atoms with E-state index in [1.54, 1.807) is 0 Å². The minimum Gasteiger partial charge on any atom is -0.503 e. The van der Waals surface area contributed by atoms with E-state index in [1.165, 1.54) is 20.5 Å². The van der Waals surface area contributed by atoms with Gasteiger partial charge in [0.05, 0.1) is 26.0 Å². The Morgan fingerprint density at radius 2 is 1.81 bits per heavy atom. The summed E-state index contributed by atoms with van der Waals surface area (Å²) < 4.78 is 15.8. The summed E-state index contributed by atoms with van der Waals surface area (Å²) in [5, 5.41) is 1.10. The normalized spacial score (nSPS) is 11.3. The van der Waals surface area contributed by atoms with E-state index in [-0.39, 0.29) is 6.61 Å². The Balaban J connectivity index is 1.89. The van der Waals surface area contributed by atoms with Crippen molar-refractivity contribution in [1.82, 2.24) is 4.98 Å². The zero-order chi connectivity index (χ0) is 19.2. The summed E-state index contributed by atoms with van der Waals surface area (Å²) in [6.45, 7) is 2.29. The van der Waals surface area contributed by atoms with Crippen LogP contribution < -0.4 is 4.74 Å². The predicted molar refractivity (Wildman–Crippen MR) is 104 cm³/mol. The van der Waals surface area contributed by atoms with Gasteiger partial charge in [0.25, 0.3) is 0 Å². The number of para-hydroxylation sites is 1. The number of benzene rings is 2. The molecule has 0 aliphatic carbocycles. The molecule has 0 aliphatic rings. The molecule has 3 rings (SSSR count). The van der Waals surface area contributed by atoms with E-state index in [1.807, 2.05) is 61.5 Å². The first kappa shape index (κ1) is 18.5. The molecule has 0 saturated carbocycles. The molecule has 0 amide bonds. The van der Waals surface area contributed by atoms with Crippen molar-refractivity contribution in [2.45, 2.75) is 13.5 Å². The Morgan fingerprint density at radius 3 is 2.59 bits per heavy atom. The van der Waals surface area contributed by atoms with E-state index in [0.29, 0.717) is 17.0 Å². The highest BCUT2D eigenvalue weighted by molar-refractivity contribution is 6.16. The molecule has 0 atom stereocenters. The van der Waals surface area contributed by atoms with Crippen LogP contribution in [0.2, 0.25) is 0 Å². The Bertz CT molecular complexity index is 995. The molecule has 1 aromatic heterocycles. The highest BCUT2D eigenvalue weighted by Gasteiger charge is 2.17. The van der Waals surface area contributed by atoms with Crippen LogP contribution in [0.5, 0.6) is 5.88 Å². The lowest BCUT2D eigenvalue weighted by atomic mass is 10.0. The van der Waals surface area contributed by atoms with Crippen molar-refractivity contribution >= 4 is 22.4 Å². The first-order chi connectivity index (χ1) is 13.1. The van der Waals surface area contributed by atoms with Gasteiger partial charge in [0.1, 0.15) is 12.2 Å². The van der Waals surface area contributed by atoms with Crippen molar-refractivity contribution in [3.63, 3.8) is 0 Å². The summed E-state index contributed by atoms with van der Waals surface area (Å²) in [6.07, 6.45) is 1.38. The van der Waals surface area contributed by atoms with E-state index in [2.05, 4.69) is 4.98 Å². The first-order valence-corrected chi connectivity index (χ1v) is 8.52. The molecule has 0 aliphatic heterocycles. The summed E-state index contributed by atoms with van der Waals surface area (Å²) in [6, 6.07) is 17.3. The van der Waals surface area contributed by atoms with Gasteiger partial charge in [-0.3, -0.25) is 0 Å². The van der Waals surface area contributed by atoms with E-state index in [4.69, 9.17) is 14.2 Å². The second kappa shape index (κ2) is 8.36. The fourth-order valence-corrected chi connectivity index (χ4v) is 2.90. The maximum absolute atomic E-state index is 12.1. The highest BCUT2D eigenvalue weighted by Crippen LogP contribution is 2.24. The number of rotatable bonds is 6. The Morgan fingerprint density at radius 1 is 1.07 bits per heavy atom. The van der Waals surface area contributed by atoms with Gasteiger partial charge in [0.2, 0.25) is 5.88 Å². The third kappa shape index (κ3) is 4.08. The van der Waals surface area contributed by atoms with Crippen LogP contribution in [0.25, 0.3) is 16.5 Å². The van der Waals surface area contributed by atoms with Gasteiger partial charge in [0, 0.05) is 11.5 Å². The number of carbonyl (C=O) groups is 1. The van der Waals surface area contributed by atoms with Gasteiger partial charge in [-0.2, -0.15) is 0 Å². The molecule has 0 N–H and O–H groups in total. The maximum Gasteiger partial charge on any atom is 0.341 e. The number of pyridine rings is 1. The average Bonchev–Trinajstić information content (AvgIpc) is 2.70. The van der Waals surface area contributed by atoms with Gasteiger partial charge in [0.15, 0.2) is 0 Å². The summed E-state index contributed by atoms with van der Waals surface area (Å²) in [5.74, 6) is 0.0697. The molecule has 3 aromatic rings. The smallest absolute Gasteiger partial charge is 0.341 e. The molecule has 0 saturated heterocycles. The minimum atomic E-state index is -0.469. The molecule has 138 valence electrons. The van der Waals surface area contributed by atoms with Crippen molar-refractivity contribution in [1.29, 1.82) is 0 Å². The second-order valence-corrected chi connectivity index (χ2v) is 6.00. The third-order valence-corrected chi connectivity index (χ3v) is 4.22. The Kier molecular flexibility index (Phi) is 5.71. The number of fused-ring (bicyclic) bond motifs is 1. The lowest BCUT2D eigenvalue weighted by molar-refractivity contribution is -0.133. The number of esters is 1. The van der Waals surface area contributed by atoms with Crippen molar-refractivity contribution in [3.05, 3.63) is 77.5 Å². The van der Waals surface area contributed by atoms with Crippen LogP contribution in [0, 0.1) is 6.92 Å². The molecule has 0 spiro atoms. The molecule has 5 nitrogen and oxygen atoms in total. The highest BCUT2D eigenvalue weighted by atomic mass is 16.5. The Hall–Kier alpha value is -3.34. The number of carbonyl (C=O) groups excluding carboxylic acids is 1. The number of aromatic nitrogens is 1. The van der Waals surface area contributed by atoms with E-state index in [9.17, 15) is 4.79 Å². The van der Waals surface area contributed by atoms with Gasteiger partial charge in [-0.05, 0) is 29.7 Å². The number of nitrogens with zero attached hydrogens (tertiary/aromatic N) is 1. The topological polar surface area (TPSA) is 57.7 Å². The number of hydrogen-bond acceptors (Lipinski definition) is 5. The van der Waals surface area contributed by atoms with Crippen molar-refractivity contribution in [2.75, 3.05) is 14.2 Å². The molecule has 5 heteroatoms. The van der Waals surface area contributed by atoms with E-state index in [0.717, 1.165) is 22.0 Å². The average molecular weight is 363 g/mol. The molecule has 0 radical (unpaired) electrons. The molecular weight excluding hydrogens is 342 g/mol. The number of methoxy groups -OCH3 is 2. The predicted octanol–water partition coefficient (Wildman–Crippen LogP) is 4.28. The lowest BCUT2D eigenvalue weighted by Gasteiger charge is -2.13. The summed E-state index contributed by atoms with van der Waals surface area (Å²) in [5.41, 5.74) is 3.85. The van der Waals surface area contributed by atoms with Gasteiger partial charge in [-0.15, -0.1) is 0 Å². The third-order valence-electron chi connectivity index (χ3n) is 4.22. The minimum absolute atomic E-state index is 0.263. The summed E-state index contributed by atoms with van der Waals surface area (Å²) in [4.78, 5) is 16.7. The second-order valence-electron chi connectivity index (χ2n) is 6.00. The maximum atomic E-state index is 12.1. The monoisotopic (exact) mass is 363 g/mol. The van der Waals surface area contributed by atoms with E-state index >= 15 is 0 Å². The van der Waals surface area contributed by atoms with Gasteiger partial charge in [-0.1, -0.05) is 42.5 Å². The van der Waals surface area contributed by atoms with Gasteiger partial charge in [-0.25, -0.2) is 9.78 Å². The van der Waals surface area contributed by atoms with Crippen molar-refractivity contribution < 1.29 is 19.0 Å². The summed E-state index contributed by atoms with van der Waals surface area (Å²) in [7, 11) is 2.83. The quantitative estimate of drug-likeness (QED) is 0.372. The zero-order valence-electron chi connectivity index (χ0n) is 15.6. The van der Waals surface area contributed by atoms with Crippen LogP contribution in [0.15, 0.2) is 60.9 Å². The fourth-order valence-electron chi connectivity index (χ4n) is 2.90. The molecular formula is C22H21NO4. The van der Waals surface area contributed by atoms with Crippen molar-refractivity contribution in [2.24, 2.45) is 0 Å². The lowest BCUT2D eigenvalue weighted by Crippen LogP contribution is -2.08. The fraction of sp³-hybridized carbons (Fsp3) is 0.182. The van der Waals surface area contributed by atoms with Gasteiger partial charge >= 0.3 is 5.97 Å². The molecule has 0 fully saturated rings. The van der Waals surface area contributed by atoms with E-state index < -0.39 is 5.97 Å². The van der Waals surface area contributed by atoms with Crippen LogP contribution >= 0.6 is 0 Å². The largest absolute Gasteiger partial charge is 0.503 e. The zero-order valence-corrected chi connectivity index (χ0v) is 15.6. The molecule has 0 bridgehead atoms. The van der Waals surface area contributed by atoms with Gasteiger partial charge < -0.3 is 14.2 Å². The standard InChI is InChI=1S/C22H21NO4/c1-15-12-21(23-20-11-7-6-9-17(15)20)27-13-16-8-4-5-10-18(16)19(14-25-2)22(24)26-3/h4-12,14H,13H2,1-3H3. The van der Waals surface area contributed by atoms with Crippen LogP contribution in [-0.2, 0) is 20.9 Å². The molecule has 1 heterocycles. The van der Waals surface area contributed by atoms with Crippen molar-refractivity contribution in [3.8, 4) is 5.88 Å². The van der Waals surface area contributed by atoms with Crippen LogP contribution in [0.3, 0.4) is 0 Å². The van der Waals surface area contributed by atoms with Crippen LogP contribution in [0.4, 0.5) is 0 Å². The molecule has 2 aromatic carbocycles. The van der Waals surface area contributed by atoms with Crippen LogP contribution in [-0.4, -0.2) is 25.2 Å². The molecule has 27 heavy (non-hydrogen) atoms. The SMILES string of the molecule is COC=C(C(=O)OC)c1ccccc1COc1cc(C)c2ccccc2n1. The summed E-state index contributed by atoms with van der Waals surface area (Å²) >= 11 is 0. The number of aryl methyl sites for hydroxylation is 1. The number of hydrogen-bond donors (Lipinski definition) is 0. The molecule has 0 unspecified atom stereocenters. The van der Waals surface area contributed by atoms with Crippen LogP contribution in [0.1, 0.15) is 16.7 Å². The number of ether oxygens (including phenoxy) is 3.